The summed E-state index contributed by atoms with van der Waals surface area (Å²) in [7, 11) is 1.59. The quantitative estimate of drug-likeness (QED) is 0.732. The molecule has 1 atom stereocenters. The van der Waals surface area contributed by atoms with Crippen LogP contribution in [0, 0.1) is 5.41 Å². The molecule has 1 saturated carbocycles. The first-order chi connectivity index (χ1) is 7.65. The maximum absolute atomic E-state index is 11.6. The Morgan fingerprint density at radius 3 is 2.53 bits per heavy atom. The fourth-order valence-electron chi connectivity index (χ4n) is 2.16. The Morgan fingerprint density at radius 1 is 1.53 bits per heavy atom. The molecule has 0 saturated heterocycles. The van der Waals surface area contributed by atoms with Crippen LogP contribution in [0.3, 0.4) is 0 Å². The Balaban J connectivity index is 0.00000256. The predicted octanol–water partition coefficient (Wildman–Crippen LogP) is 1.47. The van der Waals surface area contributed by atoms with E-state index in [0.29, 0.717) is 18.4 Å². The normalized spacial score (nSPS) is 18.8. The largest absolute Gasteiger partial charge is 0.380 e. The third-order valence-electron chi connectivity index (χ3n) is 3.83. The molecule has 0 radical (unpaired) electrons. The molecule has 4 nitrogen and oxygen atoms in total. The maximum atomic E-state index is 11.6. The second-order valence-electron chi connectivity index (χ2n) is 4.78. The molecule has 1 amide bonds. The molecular formula is C12H25ClN2O2. The van der Waals surface area contributed by atoms with Gasteiger partial charge in [0.2, 0.25) is 5.91 Å². The fraction of sp³-hybridized carbons (Fsp3) is 0.917. The molecule has 1 rings (SSSR count). The molecule has 5 heteroatoms. The minimum Gasteiger partial charge on any atom is -0.380 e. The molecule has 17 heavy (non-hydrogen) atoms. The maximum Gasteiger partial charge on any atom is 0.222 e. The van der Waals surface area contributed by atoms with Crippen LogP contribution in [0.5, 0.6) is 0 Å². The van der Waals surface area contributed by atoms with E-state index in [1.807, 2.05) is 0 Å². The van der Waals surface area contributed by atoms with Gasteiger partial charge < -0.3 is 15.8 Å². The molecule has 0 spiro atoms. The van der Waals surface area contributed by atoms with E-state index < -0.39 is 0 Å². The number of ether oxygens (including phenoxy) is 1. The number of amides is 1. The number of carbonyl (C=O) groups excluding carboxylic acids is 1. The summed E-state index contributed by atoms with van der Waals surface area (Å²) in [5, 5.41) is 3.00. The molecule has 0 aliphatic heterocycles. The van der Waals surface area contributed by atoms with Crippen molar-refractivity contribution in [3.63, 3.8) is 0 Å². The summed E-state index contributed by atoms with van der Waals surface area (Å²) < 4.78 is 5.08. The highest BCUT2D eigenvalue weighted by molar-refractivity contribution is 5.85. The van der Waals surface area contributed by atoms with E-state index in [9.17, 15) is 4.79 Å². The Morgan fingerprint density at radius 2 is 2.18 bits per heavy atom. The van der Waals surface area contributed by atoms with Crippen molar-refractivity contribution >= 4 is 18.3 Å². The average molecular weight is 265 g/mol. The molecular weight excluding hydrogens is 240 g/mol. The van der Waals surface area contributed by atoms with Crippen molar-refractivity contribution in [3.05, 3.63) is 0 Å². The van der Waals surface area contributed by atoms with E-state index in [4.69, 9.17) is 10.5 Å². The van der Waals surface area contributed by atoms with Crippen LogP contribution in [0.2, 0.25) is 0 Å². The SMILES string of the molecule is CCC1(CNC(=O)CC(CN)OC)CCC1.Cl. The van der Waals surface area contributed by atoms with Gasteiger partial charge in [-0.2, -0.15) is 0 Å². The van der Waals surface area contributed by atoms with E-state index in [0.717, 1.165) is 13.0 Å². The van der Waals surface area contributed by atoms with E-state index >= 15 is 0 Å². The van der Waals surface area contributed by atoms with Gasteiger partial charge in [-0.3, -0.25) is 4.79 Å². The molecule has 1 aliphatic rings. The molecule has 102 valence electrons. The third kappa shape index (κ3) is 4.82. The van der Waals surface area contributed by atoms with Crippen molar-refractivity contribution in [2.75, 3.05) is 20.2 Å². The Bertz CT molecular complexity index is 223. The van der Waals surface area contributed by atoms with E-state index in [2.05, 4.69) is 12.2 Å². The summed E-state index contributed by atoms with van der Waals surface area (Å²) in [6, 6.07) is 0. The zero-order chi connectivity index (χ0) is 12.0. The van der Waals surface area contributed by atoms with Crippen molar-refractivity contribution < 1.29 is 9.53 Å². The smallest absolute Gasteiger partial charge is 0.222 e. The van der Waals surface area contributed by atoms with Crippen LogP contribution in [-0.2, 0) is 9.53 Å². The topological polar surface area (TPSA) is 64.4 Å². The highest BCUT2D eigenvalue weighted by atomic mass is 35.5. The van der Waals surface area contributed by atoms with Gasteiger partial charge in [0, 0.05) is 20.2 Å². The highest BCUT2D eigenvalue weighted by Crippen LogP contribution is 2.42. The zero-order valence-corrected chi connectivity index (χ0v) is 11.6. The van der Waals surface area contributed by atoms with Crippen LogP contribution in [0.15, 0.2) is 0 Å². The van der Waals surface area contributed by atoms with Crippen molar-refractivity contribution in [1.29, 1.82) is 0 Å². The van der Waals surface area contributed by atoms with Gasteiger partial charge in [-0.1, -0.05) is 13.3 Å². The summed E-state index contributed by atoms with van der Waals surface area (Å²) >= 11 is 0. The second kappa shape index (κ2) is 7.90. The van der Waals surface area contributed by atoms with Gasteiger partial charge >= 0.3 is 0 Å². The van der Waals surface area contributed by atoms with E-state index in [1.165, 1.54) is 19.3 Å². The lowest BCUT2D eigenvalue weighted by atomic mass is 9.67. The number of methoxy groups -OCH3 is 1. The van der Waals surface area contributed by atoms with Gasteiger partial charge in [0.05, 0.1) is 12.5 Å². The molecule has 1 unspecified atom stereocenters. The summed E-state index contributed by atoms with van der Waals surface area (Å²) in [5.74, 6) is 0.0528. The Kier molecular flexibility index (Phi) is 7.75. The number of halogens is 1. The lowest BCUT2D eigenvalue weighted by molar-refractivity contribution is -0.124. The first-order valence-corrected chi connectivity index (χ1v) is 6.15. The molecule has 0 heterocycles. The number of rotatable bonds is 7. The average Bonchev–Trinajstić information content (AvgIpc) is 2.25. The molecule has 0 aromatic rings. The van der Waals surface area contributed by atoms with Crippen molar-refractivity contribution in [2.24, 2.45) is 11.1 Å². The number of carbonyl (C=O) groups is 1. The molecule has 0 aromatic heterocycles. The molecule has 0 bridgehead atoms. The van der Waals surface area contributed by atoms with Gasteiger partial charge in [-0.25, -0.2) is 0 Å². The number of nitrogens with one attached hydrogen (secondary N) is 1. The lowest BCUT2D eigenvalue weighted by Gasteiger charge is -2.41. The highest BCUT2D eigenvalue weighted by Gasteiger charge is 2.35. The van der Waals surface area contributed by atoms with Crippen LogP contribution in [0.4, 0.5) is 0 Å². The van der Waals surface area contributed by atoms with Crippen LogP contribution in [0.25, 0.3) is 0 Å². The Hall–Kier alpha value is -0.320. The zero-order valence-electron chi connectivity index (χ0n) is 10.8. The summed E-state index contributed by atoms with van der Waals surface area (Å²) in [6.45, 7) is 3.40. The van der Waals surface area contributed by atoms with Crippen molar-refractivity contribution in [1.82, 2.24) is 5.32 Å². The first kappa shape index (κ1) is 16.7. The minimum absolute atomic E-state index is 0. The van der Waals surface area contributed by atoms with Gasteiger partial charge in [0.25, 0.3) is 0 Å². The fourth-order valence-corrected chi connectivity index (χ4v) is 2.16. The van der Waals surface area contributed by atoms with Crippen molar-refractivity contribution in [3.8, 4) is 0 Å². The minimum atomic E-state index is -0.154. The number of nitrogens with two attached hydrogens (primary N) is 1. The predicted molar refractivity (Wildman–Crippen MR) is 71.3 cm³/mol. The second-order valence-corrected chi connectivity index (χ2v) is 4.78. The van der Waals surface area contributed by atoms with Crippen LogP contribution in [-0.4, -0.2) is 32.2 Å². The molecule has 1 fully saturated rings. The Labute approximate surface area is 110 Å². The van der Waals surface area contributed by atoms with Gasteiger partial charge in [0.15, 0.2) is 0 Å². The van der Waals surface area contributed by atoms with Crippen LogP contribution in [0.1, 0.15) is 39.0 Å². The van der Waals surface area contributed by atoms with Gasteiger partial charge in [0.1, 0.15) is 0 Å². The molecule has 3 N–H and O–H groups in total. The standard InChI is InChI=1S/C12H24N2O2.ClH/c1-3-12(5-4-6-12)9-14-11(15)7-10(8-13)16-2;/h10H,3-9,13H2,1-2H3,(H,14,15);1H. The van der Waals surface area contributed by atoms with Crippen LogP contribution < -0.4 is 11.1 Å². The first-order valence-electron chi connectivity index (χ1n) is 6.15. The summed E-state index contributed by atoms with van der Waals surface area (Å²) in [6.07, 6.45) is 5.15. The van der Waals surface area contributed by atoms with E-state index in [-0.39, 0.29) is 24.4 Å². The summed E-state index contributed by atoms with van der Waals surface area (Å²) in [4.78, 5) is 11.6. The van der Waals surface area contributed by atoms with Crippen molar-refractivity contribution in [2.45, 2.75) is 45.1 Å². The monoisotopic (exact) mass is 264 g/mol. The van der Waals surface area contributed by atoms with Gasteiger partial charge in [-0.15, -0.1) is 12.4 Å². The number of hydrogen-bond donors (Lipinski definition) is 2. The van der Waals surface area contributed by atoms with Gasteiger partial charge in [-0.05, 0) is 24.7 Å². The van der Waals surface area contributed by atoms with Crippen LogP contribution >= 0.6 is 12.4 Å². The number of hydrogen-bond acceptors (Lipinski definition) is 3. The molecule has 1 aliphatic carbocycles. The van der Waals surface area contributed by atoms with E-state index in [1.54, 1.807) is 7.11 Å². The molecule has 0 aromatic carbocycles. The lowest BCUT2D eigenvalue weighted by Crippen LogP contribution is -2.43. The third-order valence-corrected chi connectivity index (χ3v) is 3.83. The summed E-state index contributed by atoms with van der Waals surface area (Å²) in [5.41, 5.74) is 5.85.